The molecule has 7 heteroatoms. The van der Waals surface area contributed by atoms with Gasteiger partial charge in [-0.2, -0.15) is 8.78 Å². The maximum atomic E-state index is 13.3. The van der Waals surface area contributed by atoms with Gasteiger partial charge in [-0.3, -0.25) is 4.79 Å². The molecule has 0 aromatic heterocycles. The zero-order valence-corrected chi connectivity index (χ0v) is 11.0. The normalized spacial score (nSPS) is 16.0. The molecule has 0 radical (unpaired) electrons. The molecule has 116 valence electrons. The molecule has 1 saturated carbocycles. The Balaban J connectivity index is 2.13. The molecule has 0 spiro atoms. The molecule has 2 rings (SSSR count). The fourth-order valence-corrected chi connectivity index (χ4v) is 2.46. The highest BCUT2D eigenvalue weighted by atomic mass is 19.2. The van der Waals surface area contributed by atoms with Crippen LogP contribution in [0.25, 0.3) is 0 Å². The first-order valence-corrected chi connectivity index (χ1v) is 6.64. The van der Waals surface area contributed by atoms with Crippen LogP contribution in [0.1, 0.15) is 38.5 Å². The van der Waals surface area contributed by atoms with E-state index in [1.165, 1.54) is 0 Å². The zero-order chi connectivity index (χ0) is 15.6. The molecule has 21 heavy (non-hydrogen) atoms. The Labute approximate surface area is 117 Å². The van der Waals surface area contributed by atoms with Gasteiger partial charge in [0, 0.05) is 6.42 Å². The monoisotopic (exact) mass is 308 g/mol. The summed E-state index contributed by atoms with van der Waals surface area (Å²) in [6, 6.07) is 0. The Kier molecular flexibility index (Phi) is 4.80. The molecule has 1 aromatic rings. The van der Waals surface area contributed by atoms with Gasteiger partial charge in [-0.25, -0.2) is 13.2 Å². The van der Waals surface area contributed by atoms with Gasteiger partial charge >= 0.3 is 5.97 Å². The van der Waals surface area contributed by atoms with Crippen molar-refractivity contribution in [3.8, 4) is 5.75 Å². The highest BCUT2D eigenvalue weighted by Crippen LogP contribution is 2.31. The van der Waals surface area contributed by atoms with E-state index in [1.54, 1.807) is 0 Å². The fraction of sp³-hybridized carbons (Fsp3) is 0.500. The maximum absolute atomic E-state index is 13.3. The molecule has 1 fully saturated rings. The van der Waals surface area contributed by atoms with Crippen molar-refractivity contribution in [3.63, 3.8) is 0 Å². The van der Waals surface area contributed by atoms with Crippen molar-refractivity contribution in [3.05, 3.63) is 29.1 Å². The number of esters is 1. The van der Waals surface area contributed by atoms with Crippen molar-refractivity contribution in [2.75, 3.05) is 0 Å². The van der Waals surface area contributed by atoms with Crippen LogP contribution in [0.2, 0.25) is 0 Å². The minimum Gasteiger partial charge on any atom is -0.420 e. The zero-order valence-electron chi connectivity index (χ0n) is 11.0. The van der Waals surface area contributed by atoms with Crippen LogP contribution >= 0.6 is 0 Å². The lowest BCUT2D eigenvalue weighted by molar-refractivity contribution is -0.136. The lowest BCUT2D eigenvalue weighted by Gasteiger charge is -2.20. The Morgan fingerprint density at radius 2 is 1.33 bits per heavy atom. The van der Waals surface area contributed by atoms with Gasteiger partial charge in [0.05, 0.1) is 0 Å². The predicted molar refractivity (Wildman–Crippen MR) is 63.1 cm³/mol. The van der Waals surface area contributed by atoms with Crippen LogP contribution in [0.15, 0.2) is 0 Å². The second kappa shape index (κ2) is 6.41. The first-order valence-electron chi connectivity index (χ1n) is 6.64. The van der Waals surface area contributed by atoms with Gasteiger partial charge < -0.3 is 4.74 Å². The Morgan fingerprint density at radius 3 is 1.86 bits per heavy atom. The largest absolute Gasteiger partial charge is 0.420 e. The molecule has 0 N–H and O–H groups in total. The average molecular weight is 308 g/mol. The third kappa shape index (κ3) is 3.33. The van der Waals surface area contributed by atoms with Gasteiger partial charge in [-0.1, -0.05) is 19.3 Å². The van der Waals surface area contributed by atoms with E-state index in [4.69, 9.17) is 0 Å². The van der Waals surface area contributed by atoms with Gasteiger partial charge in [-0.15, -0.1) is 0 Å². The van der Waals surface area contributed by atoms with E-state index >= 15 is 0 Å². The van der Waals surface area contributed by atoms with E-state index in [1.807, 2.05) is 0 Å². The van der Waals surface area contributed by atoms with Crippen molar-refractivity contribution in [2.24, 2.45) is 5.92 Å². The number of hydrogen-bond donors (Lipinski definition) is 0. The molecule has 0 unspecified atom stereocenters. The number of carbonyl (C=O) groups excluding carboxylic acids is 1. The lowest BCUT2D eigenvalue weighted by Crippen LogP contribution is -2.18. The summed E-state index contributed by atoms with van der Waals surface area (Å²) in [5.41, 5.74) is 0. The van der Waals surface area contributed by atoms with Crippen LogP contribution in [-0.2, 0) is 4.79 Å². The summed E-state index contributed by atoms with van der Waals surface area (Å²) in [7, 11) is 0. The number of hydrogen-bond acceptors (Lipinski definition) is 2. The van der Waals surface area contributed by atoms with E-state index in [9.17, 15) is 26.7 Å². The molecular formula is C14H13F5O2. The fourth-order valence-electron chi connectivity index (χ4n) is 2.46. The molecule has 0 aliphatic heterocycles. The third-order valence-electron chi connectivity index (χ3n) is 3.57. The standard InChI is InChI=1S/C14H13F5O2/c15-9-10(16)12(18)14(13(19)11(9)17)21-8(20)6-7-4-2-1-3-5-7/h7H,1-6H2. The van der Waals surface area contributed by atoms with E-state index in [0.717, 1.165) is 32.1 Å². The summed E-state index contributed by atoms with van der Waals surface area (Å²) in [5.74, 6) is -13.3. The van der Waals surface area contributed by atoms with E-state index in [-0.39, 0.29) is 12.3 Å². The van der Waals surface area contributed by atoms with Crippen molar-refractivity contribution < 1.29 is 31.5 Å². The minimum atomic E-state index is -2.28. The van der Waals surface area contributed by atoms with Crippen molar-refractivity contribution in [2.45, 2.75) is 38.5 Å². The summed E-state index contributed by atoms with van der Waals surface area (Å²) in [6.45, 7) is 0. The molecule has 1 aliphatic carbocycles. The molecule has 0 saturated heterocycles. The maximum Gasteiger partial charge on any atom is 0.311 e. The summed E-state index contributed by atoms with van der Waals surface area (Å²) >= 11 is 0. The summed E-state index contributed by atoms with van der Waals surface area (Å²) < 4.78 is 69.8. The summed E-state index contributed by atoms with van der Waals surface area (Å²) in [6.07, 6.45) is 4.42. The lowest BCUT2D eigenvalue weighted by atomic mass is 9.87. The highest BCUT2D eigenvalue weighted by molar-refractivity contribution is 5.72. The second-order valence-electron chi connectivity index (χ2n) is 5.08. The number of halogens is 5. The molecule has 2 nitrogen and oxygen atoms in total. The van der Waals surface area contributed by atoms with Gasteiger partial charge in [-0.05, 0) is 18.8 Å². The van der Waals surface area contributed by atoms with Crippen molar-refractivity contribution >= 4 is 5.97 Å². The van der Waals surface area contributed by atoms with E-state index < -0.39 is 40.8 Å². The van der Waals surface area contributed by atoms with Crippen LogP contribution in [0.5, 0.6) is 5.75 Å². The van der Waals surface area contributed by atoms with Crippen molar-refractivity contribution in [1.82, 2.24) is 0 Å². The van der Waals surface area contributed by atoms with Gasteiger partial charge in [0.1, 0.15) is 0 Å². The third-order valence-corrected chi connectivity index (χ3v) is 3.57. The molecule has 0 atom stereocenters. The predicted octanol–water partition coefficient (Wildman–Crippen LogP) is 4.26. The van der Waals surface area contributed by atoms with Crippen LogP contribution in [0, 0.1) is 35.0 Å². The number of rotatable bonds is 3. The number of carbonyl (C=O) groups is 1. The molecule has 1 aliphatic rings. The minimum absolute atomic E-state index is 0.0208. The number of ether oxygens (including phenoxy) is 1. The molecule has 0 heterocycles. The first-order chi connectivity index (χ1) is 9.91. The van der Waals surface area contributed by atoms with Gasteiger partial charge in [0.15, 0.2) is 0 Å². The Morgan fingerprint density at radius 1 is 0.857 bits per heavy atom. The van der Waals surface area contributed by atoms with Crippen LogP contribution in [0.3, 0.4) is 0 Å². The van der Waals surface area contributed by atoms with Crippen LogP contribution < -0.4 is 4.74 Å². The molecular weight excluding hydrogens is 295 g/mol. The van der Waals surface area contributed by atoms with Crippen LogP contribution in [0.4, 0.5) is 22.0 Å². The Bertz CT molecular complexity index is 524. The van der Waals surface area contributed by atoms with Crippen LogP contribution in [-0.4, -0.2) is 5.97 Å². The topological polar surface area (TPSA) is 26.3 Å². The quantitative estimate of drug-likeness (QED) is 0.274. The molecule has 0 bridgehead atoms. The second-order valence-corrected chi connectivity index (χ2v) is 5.08. The number of benzene rings is 1. The molecule has 0 amide bonds. The van der Waals surface area contributed by atoms with Crippen molar-refractivity contribution in [1.29, 1.82) is 0 Å². The van der Waals surface area contributed by atoms with Gasteiger partial charge in [0.25, 0.3) is 0 Å². The average Bonchev–Trinajstić information content (AvgIpc) is 2.48. The van der Waals surface area contributed by atoms with E-state index in [0.29, 0.717) is 0 Å². The summed E-state index contributed by atoms with van der Waals surface area (Å²) in [5, 5.41) is 0. The van der Waals surface area contributed by atoms with E-state index in [2.05, 4.69) is 4.74 Å². The Hall–Kier alpha value is -1.66. The highest BCUT2D eigenvalue weighted by Gasteiger charge is 2.29. The van der Waals surface area contributed by atoms with Gasteiger partial charge in [0.2, 0.25) is 34.8 Å². The SMILES string of the molecule is O=C(CC1CCCCC1)Oc1c(F)c(F)c(F)c(F)c1F. The first kappa shape index (κ1) is 15.7. The molecule has 1 aromatic carbocycles. The summed E-state index contributed by atoms with van der Waals surface area (Å²) in [4.78, 5) is 11.6. The smallest absolute Gasteiger partial charge is 0.311 e.